The maximum absolute atomic E-state index is 13.3. The summed E-state index contributed by atoms with van der Waals surface area (Å²) in [7, 11) is -3.62. The highest BCUT2D eigenvalue weighted by molar-refractivity contribution is 7.89. The van der Waals surface area contributed by atoms with Crippen LogP contribution >= 0.6 is 11.3 Å². The molecule has 1 unspecified atom stereocenters. The van der Waals surface area contributed by atoms with E-state index < -0.39 is 15.8 Å². The number of benzene rings is 1. The Bertz CT molecular complexity index is 794. The number of hydrogen-bond acceptors (Lipinski definition) is 5. The van der Waals surface area contributed by atoms with E-state index in [0.717, 1.165) is 31.1 Å². The molecule has 0 saturated carbocycles. The van der Waals surface area contributed by atoms with Gasteiger partial charge in [-0.15, -0.1) is 11.3 Å². The van der Waals surface area contributed by atoms with Crippen LogP contribution in [0.1, 0.15) is 18.4 Å². The second-order valence-electron chi connectivity index (χ2n) is 6.03. The Morgan fingerprint density at radius 1 is 1.46 bits per heavy atom. The van der Waals surface area contributed by atoms with Crippen LogP contribution < -0.4 is 9.62 Å². The van der Waals surface area contributed by atoms with Crippen LogP contribution in [0.5, 0.6) is 0 Å². The molecule has 24 heavy (non-hydrogen) atoms. The van der Waals surface area contributed by atoms with Crippen molar-refractivity contribution < 1.29 is 12.8 Å². The maximum atomic E-state index is 13.3. The Morgan fingerprint density at radius 2 is 2.29 bits per heavy atom. The van der Waals surface area contributed by atoms with E-state index in [1.54, 1.807) is 24.5 Å². The van der Waals surface area contributed by atoms with Crippen molar-refractivity contribution in [1.29, 1.82) is 0 Å². The van der Waals surface area contributed by atoms with E-state index in [4.69, 9.17) is 0 Å². The van der Waals surface area contributed by atoms with Gasteiger partial charge in [-0.3, -0.25) is 0 Å². The number of nitrogens with zero attached hydrogens (tertiary/aromatic N) is 2. The molecule has 2 aromatic rings. The SMILES string of the molecule is Cc1cc(S(=O)(=O)NCC2CCCN(c3nccs3)C2)ccc1F. The number of rotatable bonds is 5. The summed E-state index contributed by atoms with van der Waals surface area (Å²) in [5.41, 5.74) is 0.325. The van der Waals surface area contributed by atoms with Crippen LogP contribution in [0.4, 0.5) is 9.52 Å². The molecule has 1 aromatic carbocycles. The number of hydrogen-bond donors (Lipinski definition) is 1. The average molecular weight is 369 g/mol. The quantitative estimate of drug-likeness (QED) is 0.880. The van der Waals surface area contributed by atoms with Crippen molar-refractivity contribution in [3.05, 3.63) is 41.2 Å². The predicted molar refractivity (Wildman–Crippen MR) is 93.4 cm³/mol. The van der Waals surface area contributed by atoms with Gasteiger partial charge in [0, 0.05) is 31.2 Å². The van der Waals surface area contributed by atoms with E-state index in [2.05, 4.69) is 14.6 Å². The number of nitrogens with one attached hydrogen (secondary N) is 1. The fourth-order valence-corrected chi connectivity index (χ4v) is 4.75. The lowest BCUT2D eigenvalue weighted by atomic mass is 9.99. The zero-order chi connectivity index (χ0) is 17.2. The monoisotopic (exact) mass is 369 g/mol. The van der Waals surface area contributed by atoms with E-state index in [1.807, 2.05) is 5.38 Å². The first-order valence-electron chi connectivity index (χ1n) is 7.86. The number of sulfonamides is 1. The Morgan fingerprint density at radius 3 is 3.00 bits per heavy atom. The van der Waals surface area contributed by atoms with E-state index in [1.165, 1.54) is 18.2 Å². The predicted octanol–water partition coefficient (Wildman–Crippen LogP) is 2.79. The molecule has 0 spiro atoms. The van der Waals surface area contributed by atoms with E-state index in [0.29, 0.717) is 12.1 Å². The third kappa shape index (κ3) is 3.93. The molecule has 1 aliphatic rings. The molecule has 5 nitrogen and oxygen atoms in total. The summed E-state index contributed by atoms with van der Waals surface area (Å²) in [4.78, 5) is 6.63. The summed E-state index contributed by atoms with van der Waals surface area (Å²) in [6.07, 6.45) is 3.78. The van der Waals surface area contributed by atoms with Crippen molar-refractivity contribution in [2.75, 3.05) is 24.5 Å². The summed E-state index contributed by atoms with van der Waals surface area (Å²) in [5, 5.41) is 2.93. The first-order valence-corrected chi connectivity index (χ1v) is 10.2. The van der Waals surface area contributed by atoms with Crippen LogP contribution in [0.25, 0.3) is 0 Å². The molecule has 1 aromatic heterocycles. The van der Waals surface area contributed by atoms with Crippen molar-refractivity contribution in [2.45, 2.75) is 24.7 Å². The lowest BCUT2D eigenvalue weighted by molar-refractivity contribution is 0.410. The molecule has 3 rings (SSSR count). The van der Waals surface area contributed by atoms with Crippen LogP contribution in [0.2, 0.25) is 0 Å². The smallest absolute Gasteiger partial charge is 0.240 e. The van der Waals surface area contributed by atoms with Gasteiger partial charge in [0.05, 0.1) is 4.90 Å². The number of piperidine rings is 1. The number of aryl methyl sites for hydroxylation is 1. The van der Waals surface area contributed by atoms with Crippen molar-refractivity contribution in [2.24, 2.45) is 5.92 Å². The number of anilines is 1. The van der Waals surface area contributed by atoms with E-state index in [-0.39, 0.29) is 10.8 Å². The zero-order valence-electron chi connectivity index (χ0n) is 13.4. The molecule has 0 radical (unpaired) electrons. The molecular formula is C16H20FN3O2S2. The van der Waals surface area contributed by atoms with Crippen molar-refractivity contribution in [1.82, 2.24) is 9.71 Å². The van der Waals surface area contributed by atoms with Gasteiger partial charge in [0.2, 0.25) is 10.0 Å². The fraction of sp³-hybridized carbons (Fsp3) is 0.438. The fourth-order valence-electron chi connectivity index (χ4n) is 2.87. The topological polar surface area (TPSA) is 62.3 Å². The van der Waals surface area contributed by atoms with Crippen LogP contribution in [0.15, 0.2) is 34.7 Å². The zero-order valence-corrected chi connectivity index (χ0v) is 15.0. The highest BCUT2D eigenvalue weighted by Crippen LogP contribution is 2.25. The van der Waals surface area contributed by atoms with Gasteiger partial charge in [-0.05, 0) is 49.4 Å². The minimum atomic E-state index is -3.62. The van der Waals surface area contributed by atoms with E-state index in [9.17, 15) is 12.8 Å². The van der Waals surface area contributed by atoms with Gasteiger partial charge < -0.3 is 4.90 Å². The molecule has 130 valence electrons. The molecule has 1 atom stereocenters. The van der Waals surface area contributed by atoms with Crippen LogP contribution in [-0.4, -0.2) is 33.0 Å². The van der Waals surface area contributed by atoms with E-state index >= 15 is 0 Å². The van der Waals surface area contributed by atoms with Gasteiger partial charge in [-0.1, -0.05) is 0 Å². The third-order valence-corrected chi connectivity index (χ3v) is 6.46. The highest BCUT2D eigenvalue weighted by atomic mass is 32.2. The van der Waals surface area contributed by atoms with Gasteiger partial charge in [0.25, 0.3) is 0 Å². The number of thiazole rings is 1. The Labute approximate surface area is 145 Å². The Balaban J connectivity index is 1.62. The molecule has 1 N–H and O–H groups in total. The minimum absolute atomic E-state index is 0.106. The number of halogens is 1. The first kappa shape index (κ1) is 17.3. The minimum Gasteiger partial charge on any atom is -0.348 e. The summed E-state index contributed by atoms with van der Waals surface area (Å²) >= 11 is 1.60. The molecular weight excluding hydrogens is 349 g/mol. The normalized spacial score (nSPS) is 18.8. The van der Waals surface area contributed by atoms with Crippen LogP contribution in [0, 0.1) is 18.7 Å². The maximum Gasteiger partial charge on any atom is 0.240 e. The molecule has 1 aliphatic heterocycles. The molecule has 1 fully saturated rings. The molecule has 1 saturated heterocycles. The molecule has 8 heteroatoms. The Kier molecular flexibility index (Phi) is 5.17. The summed E-state index contributed by atoms with van der Waals surface area (Å²) in [6.45, 7) is 3.68. The second-order valence-corrected chi connectivity index (χ2v) is 8.67. The summed E-state index contributed by atoms with van der Waals surface area (Å²) in [5.74, 6) is -0.167. The Hall–Kier alpha value is -1.51. The molecule has 0 aliphatic carbocycles. The van der Waals surface area contributed by atoms with Gasteiger partial charge in [-0.25, -0.2) is 22.5 Å². The lowest BCUT2D eigenvalue weighted by Gasteiger charge is -2.32. The van der Waals surface area contributed by atoms with Gasteiger partial charge >= 0.3 is 0 Å². The largest absolute Gasteiger partial charge is 0.348 e. The molecule has 0 amide bonds. The van der Waals surface area contributed by atoms with Gasteiger partial charge in [0.15, 0.2) is 5.13 Å². The standard InChI is InChI=1S/C16H20FN3O2S2/c1-12-9-14(4-5-15(12)17)24(21,22)19-10-13-3-2-7-20(11-13)16-18-6-8-23-16/h4-6,8-9,13,19H,2-3,7,10-11H2,1H3. The second kappa shape index (κ2) is 7.16. The van der Waals surface area contributed by atoms with Gasteiger partial charge in [-0.2, -0.15) is 0 Å². The molecule has 0 bridgehead atoms. The average Bonchev–Trinajstić information content (AvgIpc) is 3.10. The van der Waals surface area contributed by atoms with Crippen molar-refractivity contribution in [3.8, 4) is 0 Å². The van der Waals surface area contributed by atoms with Crippen LogP contribution in [-0.2, 0) is 10.0 Å². The summed E-state index contributed by atoms with van der Waals surface area (Å²) in [6, 6.07) is 3.85. The molecule has 2 heterocycles. The highest BCUT2D eigenvalue weighted by Gasteiger charge is 2.24. The van der Waals surface area contributed by atoms with Crippen molar-refractivity contribution in [3.63, 3.8) is 0 Å². The van der Waals surface area contributed by atoms with Crippen LogP contribution in [0.3, 0.4) is 0 Å². The lowest BCUT2D eigenvalue weighted by Crippen LogP contribution is -2.41. The van der Waals surface area contributed by atoms with Crippen molar-refractivity contribution >= 4 is 26.5 Å². The van der Waals surface area contributed by atoms with Gasteiger partial charge in [0.1, 0.15) is 5.82 Å². The number of aromatic nitrogens is 1. The summed E-state index contributed by atoms with van der Waals surface area (Å²) < 4.78 is 40.8. The third-order valence-electron chi connectivity index (χ3n) is 4.21. The first-order chi connectivity index (χ1) is 11.5.